The molecule has 0 aromatic carbocycles. The van der Waals surface area contributed by atoms with E-state index >= 15 is 0 Å². The quantitative estimate of drug-likeness (QED) is 0.0507. The molecule has 0 saturated heterocycles. The van der Waals surface area contributed by atoms with Gasteiger partial charge >= 0.3 is 0 Å². The van der Waals surface area contributed by atoms with Crippen molar-refractivity contribution in [2.24, 2.45) is 11.5 Å². The Morgan fingerprint density at radius 2 is 0.907 bits per heavy atom. The van der Waals surface area contributed by atoms with Crippen LogP contribution >= 0.6 is 0 Å². The number of nitrogens with zero attached hydrogens (tertiary/aromatic N) is 2. The molecule has 0 atom stereocenters. The molecule has 0 radical (unpaired) electrons. The zero-order chi connectivity index (χ0) is 31.6. The average molecular weight is 623 g/mol. The van der Waals surface area contributed by atoms with Gasteiger partial charge in [0.2, 0.25) is 12.3 Å². The van der Waals surface area contributed by atoms with Crippen LogP contribution in [0.15, 0.2) is 12.2 Å². The van der Waals surface area contributed by atoms with Gasteiger partial charge in [-0.3, -0.25) is 19.3 Å². The molecule has 0 aliphatic carbocycles. The Morgan fingerprint density at radius 1 is 0.558 bits per heavy atom. The van der Waals surface area contributed by atoms with E-state index in [1.807, 2.05) is 0 Å². The molecule has 3 amide bonds. The number of carbonyl (C=O) groups is 3. The van der Waals surface area contributed by atoms with Crippen LogP contribution in [0.2, 0.25) is 0 Å². The molecule has 15 heteroatoms. The van der Waals surface area contributed by atoms with Crippen LogP contribution in [-0.2, 0) is 52.3 Å². The normalized spacial score (nSPS) is 11.3. The highest BCUT2D eigenvalue weighted by atomic mass is 16.6. The maximum Gasteiger partial charge on any atom is 0.252 e. The summed E-state index contributed by atoms with van der Waals surface area (Å²) in [7, 11) is 0. The minimum atomic E-state index is -0.473. The fraction of sp³-hybridized carbons (Fsp3) is 0.821. The van der Waals surface area contributed by atoms with Gasteiger partial charge in [0, 0.05) is 39.1 Å². The van der Waals surface area contributed by atoms with E-state index in [0.717, 1.165) is 4.90 Å². The van der Waals surface area contributed by atoms with Crippen LogP contribution in [0.25, 0.3) is 0 Å². The van der Waals surface area contributed by atoms with E-state index in [4.69, 9.17) is 49.4 Å². The lowest BCUT2D eigenvalue weighted by atomic mass is 10.3. The lowest BCUT2D eigenvalue weighted by Gasteiger charge is -2.24. The molecule has 252 valence electrons. The van der Waals surface area contributed by atoms with Crippen molar-refractivity contribution in [3.05, 3.63) is 12.2 Å². The smallest absolute Gasteiger partial charge is 0.252 e. The van der Waals surface area contributed by atoms with Crippen molar-refractivity contribution < 1.29 is 52.3 Å². The second-order valence-corrected chi connectivity index (χ2v) is 8.74. The molecular weight excluding hydrogens is 568 g/mol. The molecule has 0 aliphatic rings. The fourth-order valence-corrected chi connectivity index (χ4v) is 3.23. The predicted octanol–water partition coefficient (Wildman–Crippen LogP) is -1.18. The van der Waals surface area contributed by atoms with Crippen molar-refractivity contribution in [3.63, 3.8) is 0 Å². The summed E-state index contributed by atoms with van der Waals surface area (Å²) < 4.78 is 43.4. The second-order valence-electron chi connectivity index (χ2n) is 8.74. The molecule has 0 aromatic rings. The largest absolute Gasteiger partial charge is 0.378 e. The van der Waals surface area contributed by atoms with E-state index in [-0.39, 0.29) is 18.9 Å². The van der Waals surface area contributed by atoms with Crippen molar-refractivity contribution in [3.8, 4) is 0 Å². The molecule has 0 aliphatic heterocycles. The van der Waals surface area contributed by atoms with Gasteiger partial charge in [0.1, 0.15) is 0 Å². The summed E-state index contributed by atoms with van der Waals surface area (Å²) in [6.45, 7) is 10.1. The van der Waals surface area contributed by atoms with E-state index in [2.05, 4.69) is 0 Å². The number of ether oxygens (including phenoxy) is 8. The van der Waals surface area contributed by atoms with Crippen LogP contribution in [0.5, 0.6) is 0 Å². The van der Waals surface area contributed by atoms with E-state index < -0.39 is 5.91 Å². The Balaban J connectivity index is 4.25. The molecule has 0 fully saturated rings. The standard InChI is InChI=1S/C28H54N4O11/c1-2-3-27(34)32(26-33)7-4-28(35)31(8-12-38-16-20-42-24-22-40-18-14-36-10-5-29)9-13-39-17-21-43-25-23-41-19-15-37-11-6-30/h2-3,26H,4-25,29-30H2,1H3/b3-2-. The highest BCUT2D eigenvalue weighted by Crippen LogP contribution is 2.00. The number of carbonyl (C=O) groups excluding carboxylic acids is 3. The summed E-state index contributed by atoms with van der Waals surface area (Å²) in [6.07, 6.45) is 3.22. The zero-order valence-electron chi connectivity index (χ0n) is 25.8. The van der Waals surface area contributed by atoms with Gasteiger partial charge in [0.25, 0.3) is 5.91 Å². The molecule has 4 N–H and O–H groups in total. The van der Waals surface area contributed by atoms with Crippen LogP contribution in [0.3, 0.4) is 0 Å². The highest BCUT2D eigenvalue weighted by Gasteiger charge is 2.17. The first kappa shape index (κ1) is 41.0. The van der Waals surface area contributed by atoms with Crippen LogP contribution in [-0.4, -0.2) is 166 Å². The van der Waals surface area contributed by atoms with Gasteiger partial charge in [-0.2, -0.15) is 0 Å². The van der Waals surface area contributed by atoms with Crippen molar-refractivity contribution in [2.75, 3.05) is 138 Å². The van der Waals surface area contributed by atoms with Crippen molar-refractivity contribution in [2.45, 2.75) is 13.3 Å². The topological polar surface area (TPSA) is 184 Å². The summed E-state index contributed by atoms with van der Waals surface area (Å²) in [4.78, 5) is 38.7. The third-order valence-corrected chi connectivity index (χ3v) is 5.41. The van der Waals surface area contributed by atoms with Crippen LogP contribution < -0.4 is 11.5 Å². The summed E-state index contributed by atoms with van der Waals surface area (Å²) in [5, 5.41) is 0. The first-order chi connectivity index (χ1) is 21.1. The first-order valence-electron chi connectivity index (χ1n) is 14.8. The van der Waals surface area contributed by atoms with E-state index in [9.17, 15) is 14.4 Å². The van der Waals surface area contributed by atoms with E-state index in [1.165, 1.54) is 12.2 Å². The molecule has 0 rings (SSSR count). The maximum absolute atomic E-state index is 12.9. The Morgan fingerprint density at radius 3 is 1.23 bits per heavy atom. The minimum absolute atomic E-state index is 0.0111. The lowest BCUT2D eigenvalue weighted by molar-refractivity contribution is -0.137. The predicted molar refractivity (Wildman–Crippen MR) is 158 cm³/mol. The van der Waals surface area contributed by atoms with Gasteiger partial charge in [0.05, 0.1) is 106 Å². The maximum atomic E-state index is 12.9. The Hall–Kier alpha value is -2.05. The molecular formula is C28H54N4O11. The van der Waals surface area contributed by atoms with Gasteiger partial charge < -0.3 is 54.3 Å². The number of rotatable bonds is 33. The Bertz CT molecular complexity index is 659. The first-order valence-corrected chi connectivity index (χ1v) is 14.8. The van der Waals surface area contributed by atoms with Gasteiger partial charge in [-0.05, 0) is 13.0 Å². The van der Waals surface area contributed by atoms with E-state index in [1.54, 1.807) is 11.8 Å². The molecule has 0 saturated carbocycles. The van der Waals surface area contributed by atoms with Gasteiger partial charge in [-0.25, -0.2) is 0 Å². The van der Waals surface area contributed by atoms with E-state index in [0.29, 0.717) is 138 Å². The third-order valence-electron chi connectivity index (χ3n) is 5.41. The Kier molecular flexibility index (Phi) is 31.3. The third kappa shape index (κ3) is 27.3. The fourth-order valence-electron chi connectivity index (χ4n) is 3.23. The lowest BCUT2D eigenvalue weighted by Crippen LogP contribution is -2.39. The van der Waals surface area contributed by atoms with Crippen LogP contribution in [0.4, 0.5) is 0 Å². The SMILES string of the molecule is C/C=C\C(=O)N(C=O)CCC(=O)N(CCOCCOCCOCCOCCN)CCOCCOCCOCCOCCN. The highest BCUT2D eigenvalue weighted by molar-refractivity contribution is 5.94. The zero-order valence-corrected chi connectivity index (χ0v) is 25.8. The monoisotopic (exact) mass is 622 g/mol. The van der Waals surface area contributed by atoms with Gasteiger partial charge in [0.15, 0.2) is 0 Å². The Labute approximate surface area is 255 Å². The average Bonchev–Trinajstić information content (AvgIpc) is 3.01. The molecule has 43 heavy (non-hydrogen) atoms. The van der Waals surface area contributed by atoms with Crippen LogP contribution in [0.1, 0.15) is 13.3 Å². The van der Waals surface area contributed by atoms with Crippen molar-refractivity contribution in [1.29, 1.82) is 0 Å². The molecule has 0 spiro atoms. The molecule has 15 nitrogen and oxygen atoms in total. The van der Waals surface area contributed by atoms with Gasteiger partial charge in [-0.15, -0.1) is 0 Å². The number of allylic oxidation sites excluding steroid dienone is 1. The van der Waals surface area contributed by atoms with Gasteiger partial charge in [-0.1, -0.05) is 6.08 Å². The van der Waals surface area contributed by atoms with Crippen molar-refractivity contribution >= 4 is 18.2 Å². The molecule has 0 bridgehead atoms. The molecule has 0 aromatic heterocycles. The number of imide groups is 1. The number of hydrogen-bond donors (Lipinski definition) is 2. The number of amides is 3. The van der Waals surface area contributed by atoms with Crippen LogP contribution in [0, 0.1) is 0 Å². The summed E-state index contributed by atoms with van der Waals surface area (Å²) in [5.41, 5.74) is 10.7. The number of hydrogen-bond acceptors (Lipinski definition) is 13. The summed E-state index contributed by atoms with van der Waals surface area (Å²) >= 11 is 0. The van der Waals surface area contributed by atoms with Crippen molar-refractivity contribution in [1.82, 2.24) is 9.80 Å². The summed E-state index contributed by atoms with van der Waals surface area (Å²) in [5.74, 6) is -0.695. The second kappa shape index (κ2) is 32.9. The number of nitrogens with two attached hydrogens (primary N) is 2. The summed E-state index contributed by atoms with van der Waals surface area (Å²) in [6, 6.07) is 0. The molecule has 0 heterocycles. The molecule has 0 unspecified atom stereocenters. The minimum Gasteiger partial charge on any atom is -0.378 e.